The van der Waals surface area contributed by atoms with E-state index < -0.39 is 0 Å². The van der Waals surface area contributed by atoms with E-state index in [0.717, 1.165) is 5.82 Å². The topological polar surface area (TPSA) is 42.7 Å². The first kappa shape index (κ1) is 11.2. The quantitative estimate of drug-likeness (QED) is 0.793. The summed E-state index contributed by atoms with van der Waals surface area (Å²) in [5, 5.41) is 11.4. The van der Waals surface area contributed by atoms with Gasteiger partial charge in [0.2, 0.25) is 0 Å². The van der Waals surface area contributed by atoms with E-state index in [2.05, 4.69) is 43.2 Å². The van der Waals surface area contributed by atoms with Crippen LogP contribution in [0, 0.1) is 5.92 Å². The normalized spacial score (nSPS) is 15.9. The Bertz CT molecular complexity index is 279. The van der Waals surface area contributed by atoms with Crippen LogP contribution in [0.15, 0.2) is 6.33 Å². The van der Waals surface area contributed by atoms with Crippen molar-refractivity contribution >= 4 is 0 Å². The van der Waals surface area contributed by atoms with Gasteiger partial charge in [0, 0.05) is 13.1 Å². The van der Waals surface area contributed by atoms with Gasteiger partial charge in [-0.2, -0.15) is 0 Å². The average Bonchev–Trinajstić information content (AvgIpc) is 2.51. The molecule has 4 heteroatoms. The first-order valence-electron chi connectivity index (χ1n) is 5.12. The Labute approximate surface area is 85.7 Å². The van der Waals surface area contributed by atoms with Crippen LogP contribution in [0.3, 0.4) is 0 Å². The molecule has 4 nitrogen and oxygen atoms in total. The van der Waals surface area contributed by atoms with Gasteiger partial charge in [-0.05, 0) is 19.8 Å². The van der Waals surface area contributed by atoms with Gasteiger partial charge in [-0.15, -0.1) is 10.2 Å². The number of aromatic nitrogens is 3. The van der Waals surface area contributed by atoms with Crippen LogP contribution in [-0.2, 0) is 7.05 Å². The van der Waals surface area contributed by atoms with Gasteiger partial charge in [0.1, 0.15) is 12.2 Å². The van der Waals surface area contributed by atoms with Crippen molar-refractivity contribution in [1.29, 1.82) is 0 Å². The van der Waals surface area contributed by atoms with Gasteiger partial charge < -0.3 is 9.88 Å². The Morgan fingerprint density at radius 2 is 1.93 bits per heavy atom. The fourth-order valence-electron chi connectivity index (χ4n) is 1.35. The van der Waals surface area contributed by atoms with E-state index in [1.807, 2.05) is 11.6 Å². The zero-order valence-corrected chi connectivity index (χ0v) is 9.65. The van der Waals surface area contributed by atoms with E-state index in [9.17, 15) is 0 Å². The molecule has 0 fully saturated rings. The Hall–Kier alpha value is -0.900. The van der Waals surface area contributed by atoms with Crippen LogP contribution >= 0.6 is 0 Å². The standard InChI is InChI=1S/C10H20N4/c1-7(2)8(3)12-9(4)10-13-11-6-14(10)5/h6-9,12H,1-5H3. The molecule has 2 unspecified atom stereocenters. The molecule has 1 heterocycles. The zero-order valence-electron chi connectivity index (χ0n) is 9.65. The summed E-state index contributed by atoms with van der Waals surface area (Å²) in [4.78, 5) is 0. The highest BCUT2D eigenvalue weighted by Crippen LogP contribution is 2.11. The molecule has 0 aromatic carbocycles. The van der Waals surface area contributed by atoms with E-state index >= 15 is 0 Å². The predicted octanol–water partition coefficient (Wildman–Crippen LogP) is 1.51. The molecule has 1 aromatic heterocycles. The Kier molecular flexibility index (Phi) is 3.63. The van der Waals surface area contributed by atoms with Crippen LogP contribution in [0.2, 0.25) is 0 Å². The van der Waals surface area contributed by atoms with Crippen molar-refractivity contribution in [3.63, 3.8) is 0 Å². The molecule has 1 N–H and O–H groups in total. The number of nitrogens with one attached hydrogen (secondary N) is 1. The largest absolute Gasteiger partial charge is 0.319 e. The first-order valence-corrected chi connectivity index (χ1v) is 5.12. The van der Waals surface area contributed by atoms with Crippen LogP contribution in [-0.4, -0.2) is 20.8 Å². The summed E-state index contributed by atoms with van der Waals surface area (Å²) >= 11 is 0. The van der Waals surface area contributed by atoms with Crippen LogP contribution in [0.4, 0.5) is 0 Å². The number of rotatable bonds is 4. The van der Waals surface area contributed by atoms with Gasteiger partial charge in [-0.25, -0.2) is 0 Å². The van der Waals surface area contributed by atoms with E-state index in [0.29, 0.717) is 12.0 Å². The van der Waals surface area contributed by atoms with Crippen molar-refractivity contribution in [2.75, 3.05) is 0 Å². The SMILES string of the molecule is CC(NC(C)C(C)C)c1nncn1C. The summed E-state index contributed by atoms with van der Waals surface area (Å²) in [5.41, 5.74) is 0. The van der Waals surface area contributed by atoms with E-state index in [-0.39, 0.29) is 6.04 Å². The molecule has 0 amide bonds. The lowest BCUT2D eigenvalue weighted by atomic mass is 10.1. The summed E-state index contributed by atoms with van der Waals surface area (Å²) in [6.45, 7) is 8.72. The van der Waals surface area contributed by atoms with Crippen molar-refractivity contribution in [2.24, 2.45) is 13.0 Å². The van der Waals surface area contributed by atoms with Crippen LogP contribution in [0.5, 0.6) is 0 Å². The maximum absolute atomic E-state index is 4.08. The number of hydrogen-bond donors (Lipinski definition) is 1. The second kappa shape index (κ2) is 4.55. The van der Waals surface area contributed by atoms with E-state index in [1.54, 1.807) is 6.33 Å². The molecule has 0 saturated carbocycles. The highest BCUT2D eigenvalue weighted by Gasteiger charge is 2.15. The Morgan fingerprint density at radius 3 is 2.36 bits per heavy atom. The van der Waals surface area contributed by atoms with Crippen molar-refractivity contribution in [3.05, 3.63) is 12.2 Å². The Balaban J connectivity index is 2.59. The van der Waals surface area contributed by atoms with Gasteiger partial charge in [0.25, 0.3) is 0 Å². The molecule has 1 rings (SSSR count). The number of hydrogen-bond acceptors (Lipinski definition) is 3. The van der Waals surface area contributed by atoms with Crippen LogP contribution in [0.25, 0.3) is 0 Å². The first-order chi connectivity index (χ1) is 6.52. The molecule has 0 aliphatic heterocycles. The van der Waals surface area contributed by atoms with Gasteiger partial charge in [-0.3, -0.25) is 0 Å². The third kappa shape index (κ3) is 2.54. The molecule has 0 saturated heterocycles. The van der Waals surface area contributed by atoms with Gasteiger partial charge in [0.15, 0.2) is 0 Å². The van der Waals surface area contributed by atoms with Crippen molar-refractivity contribution < 1.29 is 0 Å². The molecule has 0 bridgehead atoms. The van der Waals surface area contributed by atoms with Gasteiger partial charge in [-0.1, -0.05) is 13.8 Å². The average molecular weight is 196 g/mol. The number of nitrogens with zero attached hydrogens (tertiary/aromatic N) is 3. The summed E-state index contributed by atoms with van der Waals surface area (Å²) in [7, 11) is 1.97. The van der Waals surface area contributed by atoms with Crippen LogP contribution < -0.4 is 5.32 Å². The van der Waals surface area contributed by atoms with Gasteiger partial charge in [0.05, 0.1) is 6.04 Å². The van der Waals surface area contributed by atoms with Crippen molar-refractivity contribution in [1.82, 2.24) is 20.1 Å². The second-order valence-electron chi connectivity index (χ2n) is 4.22. The molecule has 80 valence electrons. The molecule has 0 spiro atoms. The van der Waals surface area contributed by atoms with Crippen molar-refractivity contribution in [2.45, 2.75) is 39.8 Å². The third-order valence-corrected chi connectivity index (χ3v) is 2.65. The predicted molar refractivity (Wildman–Crippen MR) is 56.9 cm³/mol. The molecule has 0 aliphatic rings. The van der Waals surface area contributed by atoms with E-state index in [4.69, 9.17) is 0 Å². The highest BCUT2D eigenvalue weighted by atomic mass is 15.3. The smallest absolute Gasteiger partial charge is 0.149 e. The monoisotopic (exact) mass is 196 g/mol. The lowest BCUT2D eigenvalue weighted by molar-refractivity contribution is 0.377. The summed E-state index contributed by atoms with van der Waals surface area (Å²) in [5.74, 6) is 1.61. The maximum Gasteiger partial charge on any atom is 0.149 e. The second-order valence-corrected chi connectivity index (χ2v) is 4.22. The fourth-order valence-corrected chi connectivity index (χ4v) is 1.35. The summed E-state index contributed by atoms with van der Waals surface area (Å²) in [6.07, 6.45) is 1.73. The van der Waals surface area contributed by atoms with Crippen molar-refractivity contribution in [3.8, 4) is 0 Å². The fraction of sp³-hybridized carbons (Fsp3) is 0.800. The Morgan fingerprint density at radius 1 is 1.29 bits per heavy atom. The molecule has 14 heavy (non-hydrogen) atoms. The highest BCUT2D eigenvalue weighted by molar-refractivity contribution is 4.92. The van der Waals surface area contributed by atoms with Gasteiger partial charge >= 0.3 is 0 Å². The molecule has 0 aliphatic carbocycles. The maximum atomic E-state index is 4.08. The lowest BCUT2D eigenvalue weighted by Crippen LogP contribution is -2.34. The minimum Gasteiger partial charge on any atom is -0.319 e. The summed E-state index contributed by atoms with van der Waals surface area (Å²) in [6, 6.07) is 0.738. The minimum absolute atomic E-state index is 0.250. The molecule has 1 aromatic rings. The van der Waals surface area contributed by atoms with Crippen LogP contribution in [0.1, 0.15) is 39.6 Å². The molecular formula is C10H20N4. The number of aryl methyl sites for hydroxylation is 1. The molecule has 2 atom stereocenters. The minimum atomic E-state index is 0.250. The summed E-state index contributed by atoms with van der Waals surface area (Å²) < 4.78 is 1.95. The molecular weight excluding hydrogens is 176 g/mol. The molecule has 0 radical (unpaired) electrons. The zero-order chi connectivity index (χ0) is 10.7. The van der Waals surface area contributed by atoms with E-state index in [1.165, 1.54) is 0 Å². The lowest BCUT2D eigenvalue weighted by Gasteiger charge is -2.22. The third-order valence-electron chi connectivity index (χ3n) is 2.65.